The molecular formula is C9H14S6. The fraction of sp³-hybridized carbons (Fsp3) is 0.667. The SMILES string of the molecule is CC(C)SSc1ssc(=S)c1SC(C)C. The number of thioether (sulfide) groups is 1. The van der Waals surface area contributed by atoms with Gasteiger partial charge >= 0.3 is 0 Å². The van der Waals surface area contributed by atoms with Crippen LogP contribution >= 0.6 is 66.2 Å². The van der Waals surface area contributed by atoms with Crippen LogP contribution in [0.4, 0.5) is 0 Å². The van der Waals surface area contributed by atoms with Crippen LogP contribution in [0.5, 0.6) is 0 Å². The van der Waals surface area contributed by atoms with Crippen LogP contribution in [0.1, 0.15) is 27.7 Å². The summed E-state index contributed by atoms with van der Waals surface area (Å²) < 4.78 is 2.45. The summed E-state index contributed by atoms with van der Waals surface area (Å²) in [6.45, 7) is 8.87. The highest BCUT2D eigenvalue weighted by Gasteiger charge is 2.12. The Hall–Kier alpha value is 1.32. The average Bonchev–Trinajstić information content (AvgIpc) is 2.44. The summed E-state index contributed by atoms with van der Waals surface area (Å²) in [6.07, 6.45) is 0. The van der Waals surface area contributed by atoms with Crippen LogP contribution in [-0.4, -0.2) is 10.5 Å². The lowest BCUT2D eigenvalue weighted by Crippen LogP contribution is -1.85. The summed E-state index contributed by atoms with van der Waals surface area (Å²) in [4.78, 5) is 1.33. The molecule has 0 nitrogen and oxygen atoms in total. The van der Waals surface area contributed by atoms with Gasteiger partial charge in [0.1, 0.15) is 3.82 Å². The quantitative estimate of drug-likeness (QED) is 0.361. The van der Waals surface area contributed by atoms with E-state index < -0.39 is 0 Å². The molecule has 1 heterocycles. The molecule has 86 valence electrons. The molecule has 0 aliphatic rings. The van der Waals surface area contributed by atoms with E-state index in [-0.39, 0.29) is 0 Å². The summed E-state index contributed by atoms with van der Waals surface area (Å²) in [5.41, 5.74) is 0. The minimum atomic E-state index is 0.608. The van der Waals surface area contributed by atoms with Gasteiger partial charge in [-0.15, -0.1) is 11.8 Å². The van der Waals surface area contributed by atoms with Crippen LogP contribution < -0.4 is 0 Å². The van der Waals surface area contributed by atoms with E-state index in [9.17, 15) is 0 Å². The predicted molar refractivity (Wildman–Crippen MR) is 82.6 cm³/mol. The zero-order valence-corrected chi connectivity index (χ0v) is 14.0. The molecule has 0 aromatic carbocycles. The van der Waals surface area contributed by atoms with Gasteiger partial charge in [-0.2, -0.15) is 0 Å². The molecule has 0 amide bonds. The van der Waals surface area contributed by atoms with E-state index in [4.69, 9.17) is 12.2 Å². The molecule has 1 aromatic rings. The minimum Gasteiger partial charge on any atom is -0.119 e. The zero-order valence-electron chi connectivity index (χ0n) is 9.10. The Morgan fingerprint density at radius 1 is 1.07 bits per heavy atom. The molecule has 0 aliphatic heterocycles. The van der Waals surface area contributed by atoms with Crippen molar-refractivity contribution in [2.75, 3.05) is 0 Å². The summed E-state index contributed by atoms with van der Waals surface area (Å²) in [5.74, 6) is 0. The second kappa shape index (κ2) is 6.91. The van der Waals surface area contributed by atoms with Gasteiger partial charge in [-0.05, 0) is 10.8 Å². The Bertz CT molecular complexity index is 348. The molecule has 0 atom stereocenters. The fourth-order valence-corrected chi connectivity index (χ4v) is 8.29. The maximum Gasteiger partial charge on any atom is 0.116 e. The summed E-state index contributed by atoms with van der Waals surface area (Å²) in [6, 6.07) is 0. The van der Waals surface area contributed by atoms with Gasteiger partial charge in [0.15, 0.2) is 0 Å². The summed E-state index contributed by atoms with van der Waals surface area (Å²) >= 11 is 7.25. The van der Waals surface area contributed by atoms with Crippen molar-refractivity contribution < 1.29 is 0 Å². The summed E-state index contributed by atoms with van der Waals surface area (Å²) in [5, 5.41) is 1.27. The van der Waals surface area contributed by atoms with Crippen molar-refractivity contribution in [3.8, 4) is 0 Å². The highest BCUT2D eigenvalue weighted by Crippen LogP contribution is 2.46. The van der Waals surface area contributed by atoms with Crippen LogP contribution in [0, 0.1) is 3.82 Å². The van der Waals surface area contributed by atoms with E-state index in [2.05, 4.69) is 27.7 Å². The van der Waals surface area contributed by atoms with Gasteiger partial charge in [-0.3, -0.25) is 0 Å². The van der Waals surface area contributed by atoms with Crippen molar-refractivity contribution in [3.63, 3.8) is 0 Å². The van der Waals surface area contributed by atoms with E-state index in [1.54, 1.807) is 10.3 Å². The Morgan fingerprint density at radius 3 is 2.27 bits per heavy atom. The largest absolute Gasteiger partial charge is 0.119 e. The van der Waals surface area contributed by atoms with Gasteiger partial charge in [0.25, 0.3) is 0 Å². The normalized spacial score (nSPS) is 11.6. The molecular weight excluding hydrogens is 301 g/mol. The van der Waals surface area contributed by atoms with Gasteiger partial charge < -0.3 is 0 Å². The molecule has 0 saturated carbocycles. The van der Waals surface area contributed by atoms with E-state index in [0.29, 0.717) is 10.5 Å². The molecule has 0 fully saturated rings. The molecule has 15 heavy (non-hydrogen) atoms. The predicted octanol–water partition coefficient (Wildman–Crippen LogP) is 6.19. The first-order chi connectivity index (χ1) is 7.00. The van der Waals surface area contributed by atoms with Crippen LogP contribution in [0.25, 0.3) is 0 Å². The second-order valence-corrected chi connectivity index (χ2v) is 10.9. The Labute approximate surface area is 116 Å². The molecule has 1 rings (SSSR count). The third kappa shape index (κ3) is 5.00. The number of rotatable bonds is 5. The van der Waals surface area contributed by atoms with Gasteiger partial charge in [0.05, 0.1) is 9.10 Å². The van der Waals surface area contributed by atoms with Crippen molar-refractivity contribution in [1.82, 2.24) is 0 Å². The minimum absolute atomic E-state index is 0.608. The molecule has 0 spiro atoms. The van der Waals surface area contributed by atoms with E-state index in [1.807, 2.05) is 43.7 Å². The third-order valence-corrected chi connectivity index (χ3v) is 9.59. The first-order valence-corrected chi connectivity index (χ1v) is 10.3. The van der Waals surface area contributed by atoms with Crippen molar-refractivity contribution in [1.29, 1.82) is 0 Å². The smallest absolute Gasteiger partial charge is 0.116 e. The molecule has 0 bridgehead atoms. The van der Waals surface area contributed by atoms with Gasteiger partial charge in [0.2, 0.25) is 0 Å². The molecule has 1 aromatic heterocycles. The molecule has 0 unspecified atom stereocenters. The highest BCUT2D eigenvalue weighted by atomic mass is 33.1. The maximum absolute atomic E-state index is 5.36. The Morgan fingerprint density at radius 2 is 1.73 bits per heavy atom. The lowest BCUT2D eigenvalue weighted by atomic mass is 10.6. The molecule has 0 N–H and O–H groups in total. The van der Waals surface area contributed by atoms with Crippen LogP contribution in [-0.2, 0) is 0 Å². The topological polar surface area (TPSA) is 0 Å². The maximum atomic E-state index is 5.36. The Balaban J connectivity index is 2.75. The average molecular weight is 315 g/mol. The van der Waals surface area contributed by atoms with Crippen molar-refractivity contribution in [2.24, 2.45) is 0 Å². The lowest BCUT2D eigenvalue weighted by Gasteiger charge is -2.06. The van der Waals surface area contributed by atoms with Gasteiger partial charge in [-0.25, -0.2) is 0 Å². The zero-order chi connectivity index (χ0) is 11.4. The molecule has 0 radical (unpaired) electrons. The summed E-state index contributed by atoms with van der Waals surface area (Å²) in [7, 11) is 7.33. The second-order valence-electron chi connectivity index (χ2n) is 3.47. The fourth-order valence-electron chi connectivity index (χ4n) is 0.758. The van der Waals surface area contributed by atoms with Crippen molar-refractivity contribution in [3.05, 3.63) is 3.82 Å². The Kier molecular flexibility index (Phi) is 6.63. The monoisotopic (exact) mass is 314 g/mol. The number of hydrogen-bond acceptors (Lipinski definition) is 6. The van der Waals surface area contributed by atoms with Crippen LogP contribution in [0.15, 0.2) is 9.10 Å². The highest BCUT2D eigenvalue weighted by molar-refractivity contribution is 8.77. The first-order valence-electron chi connectivity index (χ1n) is 4.63. The number of hydrogen-bond donors (Lipinski definition) is 0. The van der Waals surface area contributed by atoms with Crippen LogP contribution in [0.3, 0.4) is 0 Å². The van der Waals surface area contributed by atoms with E-state index in [1.165, 1.54) is 9.10 Å². The van der Waals surface area contributed by atoms with Crippen molar-refractivity contribution in [2.45, 2.75) is 47.3 Å². The van der Waals surface area contributed by atoms with Crippen LogP contribution in [0.2, 0.25) is 0 Å². The molecule has 0 aliphatic carbocycles. The van der Waals surface area contributed by atoms with E-state index in [0.717, 1.165) is 3.82 Å². The van der Waals surface area contributed by atoms with Gasteiger partial charge in [0, 0.05) is 10.5 Å². The standard InChI is InChI=1S/C9H14S6/c1-5(2)11-7-8(10)13-15-9(7)14-12-6(3)4/h5-6H,1-4H3. The molecule has 6 heteroatoms. The first kappa shape index (κ1) is 14.4. The van der Waals surface area contributed by atoms with E-state index >= 15 is 0 Å². The third-order valence-electron chi connectivity index (χ3n) is 1.23. The van der Waals surface area contributed by atoms with Gasteiger partial charge in [-0.1, -0.05) is 71.4 Å². The molecule has 0 saturated heterocycles. The lowest BCUT2D eigenvalue weighted by molar-refractivity contribution is 1.11. The van der Waals surface area contributed by atoms with Crippen molar-refractivity contribution >= 4 is 66.2 Å².